The van der Waals surface area contributed by atoms with Crippen molar-refractivity contribution in [3.8, 4) is 0 Å². The maximum absolute atomic E-state index is 5.32. The second-order valence-electron chi connectivity index (χ2n) is 3.97. The lowest BCUT2D eigenvalue weighted by atomic mass is 10.3. The minimum absolute atomic E-state index is 0.869. The summed E-state index contributed by atoms with van der Waals surface area (Å²) in [5.74, 6) is 0. The van der Waals surface area contributed by atoms with Gasteiger partial charge in [0, 0.05) is 38.0 Å². The van der Waals surface area contributed by atoms with E-state index in [4.69, 9.17) is 4.74 Å². The Morgan fingerprint density at radius 3 is 3.06 bits per heavy atom. The van der Waals surface area contributed by atoms with Gasteiger partial charge in [0.05, 0.1) is 23.9 Å². The normalized spacial score (nSPS) is 17.8. The van der Waals surface area contributed by atoms with E-state index in [1.54, 1.807) is 11.3 Å². The number of morpholine rings is 1. The second kappa shape index (κ2) is 6.30. The minimum atomic E-state index is 0.869. The third-order valence-electron chi connectivity index (χ3n) is 2.70. The van der Waals surface area contributed by atoms with Gasteiger partial charge in [-0.1, -0.05) is 0 Å². The van der Waals surface area contributed by atoms with E-state index in [9.17, 15) is 0 Å². The predicted molar refractivity (Wildman–Crippen MR) is 65.8 cm³/mol. The molecule has 0 bridgehead atoms. The molecule has 0 aromatic carbocycles. The molecular formula is C11H19N3OS. The van der Waals surface area contributed by atoms with Crippen LogP contribution < -0.4 is 5.32 Å². The Kier molecular flexibility index (Phi) is 4.71. The molecule has 1 aliphatic heterocycles. The molecule has 2 heterocycles. The fourth-order valence-electron chi connectivity index (χ4n) is 1.80. The average Bonchev–Trinajstić information content (AvgIpc) is 2.76. The molecule has 1 aliphatic rings. The first-order chi connectivity index (χ1) is 7.88. The molecule has 0 atom stereocenters. The monoisotopic (exact) mass is 241 g/mol. The van der Waals surface area contributed by atoms with E-state index in [-0.39, 0.29) is 0 Å². The van der Waals surface area contributed by atoms with Crippen molar-refractivity contribution in [2.24, 2.45) is 0 Å². The molecule has 1 fully saturated rings. The molecule has 16 heavy (non-hydrogen) atoms. The number of rotatable bonds is 5. The highest BCUT2D eigenvalue weighted by molar-refractivity contribution is 7.09. The van der Waals surface area contributed by atoms with Crippen molar-refractivity contribution >= 4 is 11.3 Å². The van der Waals surface area contributed by atoms with E-state index in [2.05, 4.69) is 20.6 Å². The highest BCUT2D eigenvalue weighted by Crippen LogP contribution is 2.11. The summed E-state index contributed by atoms with van der Waals surface area (Å²) < 4.78 is 5.32. The fourth-order valence-corrected chi connectivity index (χ4v) is 2.59. The number of nitrogens with zero attached hydrogens (tertiary/aromatic N) is 2. The number of aromatic nitrogens is 1. The first kappa shape index (κ1) is 12.0. The number of ether oxygens (including phenoxy) is 1. The summed E-state index contributed by atoms with van der Waals surface area (Å²) in [6, 6.07) is 0. The SMILES string of the molecule is CNCc1csc(CCN2CCOCC2)n1. The molecule has 90 valence electrons. The third kappa shape index (κ3) is 3.52. The highest BCUT2D eigenvalue weighted by Gasteiger charge is 2.10. The van der Waals surface area contributed by atoms with Gasteiger partial charge < -0.3 is 10.1 Å². The molecule has 1 aromatic rings. The molecule has 1 N–H and O–H groups in total. The molecular weight excluding hydrogens is 222 g/mol. The van der Waals surface area contributed by atoms with Crippen molar-refractivity contribution in [1.82, 2.24) is 15.2 Å². The van der Waals surface area contributed by atoms with Gasteiger partial charge in [-0.05, 0) is 7.05 Å². The van der Waals surface area contributed by atoms with Gasteiger partial charge in [-0.3, -0.25) is 4.90 Å². The van der Waals surface area contributed by atoms with Gasteiger partial charge in [-0.15, -0.1) is 11.3 Å². The molecule has 0 aliphatic carbocycles. The quantitative estimate of drug-likeness (QED) is 0.825. The van der Waals surface area contributed by atoms with Crippen LogP contribution in [-0.4, -0.2) is 49.8 Å². The van der Waals surface area contributed by atoms with Crippen LogP contribution in [0.5, 0.6) is 0 Å². The van der Waals surface area contributed by atoms with Crippen molar-refractivity contribution in [2.75, 3.05) is 39.9 Å². The fraction of sp³-hybridized carbons (Fsp3) is 0.727. The topological polar surface area (TPSA) is 37.4 Å². The summed E-state index contributed by atoms with van der Waals surface area (Å²) in [6.45, 7) is 5.86. The standard InChI is InChI=1S/C11H19N3OS/c1-12-8-10-9-16-11(13-10)2-3-14-4-6-15-7-5-14/h9,12H,2-8H2,1H3. The lowest BCUT2D eigenvalue weighted by Gasteiger charge is -2.25. The van der Waals surface area contributed by atoms with Gasteiger partial charge in [-0.25, -0.2) is 4.98 Å². The largest absolute Gasteiger partial charge is 0.379 e. The second-order valence-corrected chi connectivity index (χ2v) is 4.91. The Labute approximate surface area is 101 Å². The van der Waals surface area contributed by atoms with E-state index >= 15 is 0 Å². The van der Waals surface area contributed by atoms with E-state index in [0.29, 0.717) is 0 Å². The Hall–Kier alpha value is -0.490. The Morgan fingerprint density at radius 2 is 2.31 bits per heavy atom. The van der Waals surface area contributed by atoms with Crippen LogP contribution in [-0.2, 0) is 17.7 Å². The molecule has 0 unspecified atom stereocenters. The van der Waals surface area contributed by atoms with Crippen LogP contribution in [0.15, 0.2) is 5.38 Å². The summed E-state index contributed by atoms with van der Waals surface area (Å²) in [4.78, 5) is 7.03. The maximum Gasteiger partial charge on any atom is 0.0941 e. The zero-order chi connectivity index (χ0) is 11.2. The van der Waals surface area contributed by atoms with Crippen molar-refractivity contribution < 1.29 is 4.74 Å². The molecule has 2 rings (SSSR count). The van der Waals surface area contributed by atoms with Crippen LogP contribution in [0.1, 0.15) is 10.7 Å². The van der Waals surface area contributed by atoms with E-state index in [1.807, 2.05) is 7.05 Å². The van der Waals surface area contributed by atoms with Gasteiger partial charge in [0.15, 0.2) is 0 Å². The molecule has 4 nitrogen and oxygen atoms in total. The van der Waals surface area contributed by atoms with Gasteiger partial charge >= 0.3 is 0 Å². The summed E-state index contributed by atoms with van der Waals surface area (Å²) >= 11 is 1.77. The van der Waals surface area contributed by atoms with Crippen LogP contribution in [0.25, 0.3) is 0 Å². The molecule has 0 amide bonds. The van der Waals surface area contributed by atoms with E-state index < -0.39 is 0 Å². The Morgan fingerprint density at radius 1 is 1.50 bits per heavy atom. The molecule has 0 saturated carbocycles. The van der Waals surface area contributed by atoms with Crippen molar-refractivity contribution in [3.05, 3.63) is 16.1 Å². The number of hydrogen-bond donors (Lipinski definition) is 1. The third-order valence-corrected chi connectivity index (χ3v) is 3.66. The van der Waals surface area contributed by atoms with Crippen LogP contribution >= 0.6 is 11.3 Å². The van der Waals surface area contributed by atoms with Crippen LogP contribution in [0, 0.1) is 0 Å². The Balaban J connectivity index is 1.75. The molecule has 0 radical (unpaired) electrons. The van der Waals surface area contributed by atoms with E-state index in [1.165, 1.54) is 5.01 Å². The van der Waals surface area contributed by atoms with Crippen LogP contribution in [0.4, 0.5) is 0 Å². The van der Waals surface area contributed by atoms with Gasteiger partial charge in [0.25, 0.3) is 0 Å². The van der Waals surface area contributed by atoms with Crippen molar-refractivity contribution in [1.29, 1.82) is 0 Å². The zero-order valence-corrected chi connectivity index (χ0v) is 10.6. The molecule has 5 heteroatoms. The van der Waals surface area contributed by atoms with Crippen molar-refractivity contribution in [2.45, 2.75) is 13.0 Å². The first-order valence-electron chi connectivity index (χ1n) is 5.76. The number of nitrogens with one attached hydrogen (secondary N) is 1. The summed E-state index contributed by atoms with van der Waals surface area (Å²) in [5.41, 5.74) is 1.16. The first-order valence-corrected chi connectivity index (χ1v) is 6.64. The maximum atomic E-state index is 5.32. The summed E-state index contributed by atoms with van der Waals surface area (Å²) in [7, 11) is 1.95. The van der Waals surface area contributed by atoms with E-state index in [0.717, 1.165) is 51.5 Å². The van der Waals surface area contributed by atoms with Crippen molar-refractivity contribution in [3.63, 3.8) is 0 Å². The van der Waals surface area contributed by atoms with Gasteiger partial charge in [-0.2, -0.15) is 0 Å². The number of hydrogen-bond acceptors (Lipinski definition) is 5. The smallest absolute Gasteiger partial charge is 0.0941 e. The predicted octanol–water partition coefficient (Wildman–Crippen LogP) is 0.737. The highest BCUT2D eigenvalue weighted by atomic mass is 32.1. The van der Waals surface area contributed by atoms with Crippen LogP contribution in [0.2, 0.25) is 0 Å². The lowest BCUT2D eigenvalue weighted by molar-refractivity contribution is 0.0384. The molecule has 1 saturated heterocycles. The average molecular weight is 241 g/mol. The summed E-state index contributed by atoms with van der Waals surface area (Å²) in [6.07, 6.45) is 1.06. The van der Waals surface area contributed by atoms with Gasteiger partial charge in [0.1, 0.15) is 0 Å². The van der Waals surface area contributed by atoms with Crippen LogP contribution in [0.3, 0.4) is 0 Å². The summed E-state index contributed by atoms with van der Waals surface area (Å²) in [5, 5.41) is 6.51. The zero-order valence-electron chi connectivity index (χ0n) is 9.74. The lowest BCUT2D eigenvalue weighted by Crippen LogP contribution is -2.37. The Bertz CT molecular complexity index is 310. The number of thiazole rings is 1. The molecule has 1 aromatic heterocycles. The molecule has 0 spiro atoms. The minimum Gasteiger partial charge on any atom is -0.379 e. The van der Waals surface area contributed by atoms with Gasteiger partial charge in [0.2, 0.25) is 0 Å².